The molecule has 2 aliphatic carbocycles. The van der Waals surface area contributed by atoms with Crippen molar-refractivity contribution in [1.29, 1.82) is 0 Å². The molecule has 0 heterocycles. The van der Waals surface area contributed by atoms with Crippen LogP contribution in [0.3, 0.4) is 0 Å². The molecule has 4 atom stereocenters. The number of aliphatic hydroxyl groups excluding tert-OH is 1. The van der Waals surface area contributed by atoms with Crippen LogP contribution in [0, 0.1) is 17.8 Å². The Morgan fingerprint density at radius 1 is 1.23 bits per heavy atom. The maximum atomic E-state index is 11.6. The summed E-state index contributed by atoms with van der Waals surface area (Å²) in [5.41, 5.74) is 1.55. The highest BCUT2D eigenvalue weighted by Crippen LogP contribution is 2.48. The molecule has 0 spiro atoms. The molecule has 0 unspecified atom stereocenters. The molecule has 1 saturated carbocycles. The molecule has 1 N–H and O–H groups in total. The van der Waals surface area contributed by atoms with Crippen LogP contribution in [0.2, 0.25) is 0 Å². The monoisotopic (exact) mass is 359 g/mol. The summed E-state index contributed by atoms with van der Waals surface area (Å²) in [5, 5.41) is 10.4. The first kappa shape index (κ1) is 21.0. The van der Waals surface area contributed by atoms with Gasteiger partial charge < -0.3 is 10.0 Å². The molecule has 1 amide bonds. The number of allylic oxidation sites excluding steroid dienone is 5. The molecule has 146 valence electrons. The zero-order valence-electron chi connectivity index (χ0n) is 16.9. The second-order valence-corrected chi connectivity index (χ2v) is 8.12. The van der Waals surface area contributed by atoms with Crippen LogP contribution in [0.4, 0.5) is 0 Å². The summed E-state index contributed by atoms with van der Waals surface area (Å²) in [6.45, 7) is 2.16. The van der Waals surface area contributed by atoms with E-state index in [4.69, 9.17) is 0 Å². The normalized spacial score (nSPS) is 28.1. The predicted octanol–water partition coefficient (Wildman–Crippen LogP) is 4.88. The number of carbonyl (C=O) groups excluding carboxylic acids is 1. The van der Waals surface area contributed by atoms with E-state index in [1.165, 1.54) is 0 Å². The lowest BCUT2D eigenvalue weighted by Crippen LogP contribution is -2.21. The van der Waals surface area contributed by atoms with Gasteiger partial charge in [-0.05, 0) is 63.2 Å². The number of aliphatic hydroxyl groups is 1. The summed E-state index contributed by atoms with van der Waals surface area (Å²) < 4.78 is 0. The summed E-state index contributed by atoms with van der Waals surface area (Å²) in [6.07, 6.45) is 20.4. The predicted molar refractivity (Wildman–Crippen MR) is 109 cm³/mol. The van der Waals surface area contributed by atoms with E-state index in [9.17, 15) is 9.90 Å². The first-order valence-electron chi connectivity index (χ1n) is 10.4. The molecule has 2 rings (SSSR count). The molecule has 0 aliphatic heterocycles. The third kappa shape index (κ3) is 6.12. The van der Waals surface area contributed by atoms with Crippen LogP contribution < -0.4 is 0 Å². The molecule has 0 aromatic carbocycles. The Hall–Kier alpha value is -1.35. The largest absolute Gasteiger partial charge is 0.392 e. The lowest BCUT2D eigenvalue weighted by atomic mass is 9.88. The van der Waals surface area contributed by atoms with Crippen LogP contribution in [0.1, 0.15) is 64.7 Å². The van der Waals surface area contributed by atoms with E-state index < -0.39 is 0 Å². The van der Waals surface area contributed by atoms with Crippen LogP contribution in [0.25, 0.3) is 0 Å². The molecule has 0 aromatic rings. The number of carbonyl (C=O) groups is 1. The smallest absolute Gasteiger partial charge is 0.222 e. The number of nitrogens with zero attached hydrogens (tertiary/aromatic N) is 1. The number of rotatable bonds is 10. The topological polar surface area (TPSA) is 40.5 Å². The van der Waals surface area contributed by atoms with Crippen molar-refractivity contribution in [3.63, 3.8) is 0 Å². The molecule has 26 heavy (non-hydrogen) atoms. The first-order valence-corrected chi connectivity index (χ1v) is 10.4. The van der Waals surface area contributed by atoms with E-state index in [0.29, 0.717) is 24.2 Å². The Balaban J connectivity index is 1.73. The van der Waals surface area contributed by atoms with Crippen LogP contribution >= 0.6 is 0 Å². The minimum absolute atomic E-state index is 0.178. The van der Waals surface area contributed by atoms with Gasteiger partial charge in [0.1, 0.15) is 0 Å². The minimum atomic E-state index is -0.178. The number of hydrogen-bond donors (Lipinski definition) is 1. The van der Waals surface area contributed by atoms with E-state index in [0.717, 1.165) is 51.4 Å². The Labute approximate surface area is 159 Å². The zero-order valence-corrected chi connectivity index (χ0v) is 16.9. The van der Waals surface area contributed by atoms with Crippen LogP contribution in [-0.4, -0.2) is 36.1 Å². The summed E-state index contributed by atoms with van der Waals surface area (Å²) >= 11 is 0. The number of unbranched alkanes of at least 4 members (excludes halogenated alkanes) is 2. The average molecular weight is 360 g/mol. The molecule has 2 aliphatic rings. The second-order valence-electron chi connectivity index (χ2n) is 8.12. The molecular weight excluding hydrogens is 322 g/mol. The Morgan fingerprint density at radius 2 is 2.00 bits per heavy atom. The highest BCUT2D eigenvalue weighted by Gasteiger charge is 2.42. The summed E-state index contributed by atoms with van der Waals surface area (Å²) in [4.78, 5) is 13.3. The fourth-order valence-electron chi connectivity index (χ4n) is 4.37. The van der Waals surface area contributed by atoms with Gasteiger partial charge in [0, 0.05) is 26.4 Å². The van der Waals surface area contributed by atoms with Crippen molar-refractivity contribution >= 4 is 5.91 Å². The van der Waals surface area contributed by atoms with Crippen molar-refractivity contribution in [2.75, 3.05) is 14.1 Å². The summed E-state index contributed by atoms with van der Waals surface area (Å²) in [6, 6.07) is 0. The molecule has 0 aromatic heterocycles. The van der Waals surface area contributed by atoms with Crippen molar-refractivity contribution in [3.05, 3.63) is 36.0 Å². The molecule has 1 fully saturated rings. The van der Waals surface area contributed by atoms with Crippen LogP contribution in [0.5, 0.6) is 0 Å². The van der Waals surface area contributed by atoms with Gasteiger partial charge in [0.05, 0.1) is 6.10 Å². The first-order chi connectivity index (χ1) is 12.5. The SMILES string of the molecule is CCC=CCCC=C[C@@H]1[C@H]2CC(CCCCC(=O)N(C)C)=C[C@H]2C[C@H]1O. The molecule has 0 bridgehead atoms. The molecule has 3 heteroatoms. The standard InChI is InChI=1S/C23H37NO2/c1-4-5-6-7-8-9-13-20-21-16-18(15-19(21)17-22(20)25)12-10-11-14-23(26)24(2)3/h5-6,9,13,15,19-22,25H,4,7-8,10-12,14,16-17H2,1-3H3/t19-,20+,21-,22+/m0/s1. The van der Waals surface area contributed by atoms with Crippen molar-refractivity contribution in [2.45, 2.75) is 70.8 Å². The maximum Gasteiger partial charge on any atom is 0.222 e. The van der Waals surface area contributed by atoms with Gasteiger partial charge in [0.25, 0.3) is 0 Å². The van der Waals surface area contributed by atoms with Gasteiger partial charge in [-0.2, -0.15) is 0 Å². The van der Waals surface area contributed by atoms with E-state index in [1.807, 2.05) is 14.1 Å². The van der Waals surface area contributed by atoms with Crippen molar-refractivity contribution < 1.29 is 9.90 Å². The average Bonchev–Trinajstić information content (AvgIpc) is 3.11. The van der Waals surface area contributed by atoms with E-state index in [-0.39, 0.29) is 12.0 Å². The fraction of sp³-hybridized carbons (Fsp3) is 0.696. The Bertz CT molecular complexity index is 532. The minimum Gasteiger partial charge on any atom is -0.392 e. The Morgan fingerprint density at radius 3 is 2.73 bits per heavy atom. The highest BCUT2D eigenvalue weighted by molar-refractivity contribution is 5.75. The summed E-state index contributed by atoms with van der Waals surface area (Å²) in [5.74, 6) is 1.69. The van der Waals surface area contributed by atoms with Crippen LogP contribution in [0.15, 0.2) is 36.0 Å². The lowest BCUT2D eigenvalue weighted by molar-refractivity contribution is -0.128. The van der Waals surface area contributed by atoms with Gasteiger partial charge in [-0.3, -0.25) is 4.79 Å². The van der Waals surface area contributed by atoms with Crippen molar-refractivity contribution in [3.8, 4) is 0 Å². The highest BCUT2D eigenvalue weighted by atomic mass is 16.3. The van der Waals surface area contributed by atoms with Gasteiger partial charge in [0.2, 0.25) is 5.91 Å². The quantitative estimate of drug-likeness (QED) is 0.446. The van der Waals surface area contributed by atoms with Gasteiger partial charge in [-0.25, -0.2) is 0 Å². The van der Waals surface area contributed by atoms with Gasteiger partial charge in [-0.1, -0.05) is 42.9 Å². The molecule has 0 radical (unpaired) electrons. The lowest BCUT2D eigenvalue weighted by Gasteiger charge is -2.18. The van der Waals surface area contributed by atoms with Gasteiger partial charge in [0.15, 0.2) is 0 Å². The van der Waals surface area contributed by atoms with Crippen molar-refractivity contribution in [2.24, 2.45) is 17.8 Å². The Kier molecular flexibility index (Phi) is 8.64. The molecular formula is C23H37NO2. The van der Waals surface area contributed by atoms with E-state index in [2.05, 4.69) is 37.3 Å². The van der Waals surface area contributed by atoms with Gasteiger partial charge in [-0.15, -0.1) is 0 Å². The maximum absolute atomic E-state index is 11.6. The van der Waals surface area contributed by atoms with Crippen LogP contribution in [-0.2, 0) is 4.79 Å². The molecule has 0 saturated heterocycles. The second kappa shape index (κ2) is 10.7. The van der Waals surface area contributed by atoms with Crippen molar-refractivity contribution in [1.82, 2.24) is 4.90 Å². The fourth-order valence-corrected chi connectivity index (χ4v) is 4.37. The third-order valence-corrected chi connectivity index (χ3v) is 5.85. The number of fused-ring (bicyclic) bond motifs is 1. The number of hydrogen-bond acceptors (Lipinski definition) is 2. The van der Waals surface area contributed by atoms with Gasteiger partial charge >= 0.3 is 0 Å². The van der Waals surface area contributed by atoms with E-state index in [1.54, 1.807) is 10.5 Å². The van der Waals surface area contributed by atoms with E-state index >= 15 is 0 Å². The number of amides is 1. The summed E-state index contributed by atoms with van der Waals surface area (Å²) in [7, 11) is 3.64. The zero-order chi connectivity index (χ0) is 18.9. The third-order valence-electron chi connectivity index (χ3n) is 5.85. The molecule has 3 nitrogen and oxygen atoms in total.